The Kier molecular flexibility index (Phi) is 4.16. The lowest BCUT2D eigenvalue weighted by atomic mass is 10.2. The maximum absolute atomic E-state index is 11.9. The maximum Gasteiger partial charge on any atom is 0.252 e. The van der Waals surface area contributed by atoms with Crippen LogP contribution < -0.4 is 5.32 Å². The van der Waals surface area contributed by atoms with E-state index in [4.69, 9.17) is 0 Å². The average molecular weight is 406 g/mol. The molecule has 1 aromatic heterocycles. The van der Waals surface area contributed by atoms with Crippen LogP contribution in [0.5, 0.6) is 0 Å². The normalized spacial score (nSPS) is 10.2. The SMILES string of the molecule is O=C(NCc1ncc[nH]1)c1cc(I)ccc1Br. The molecule has 1 amide bonds. The molecule has 17 heavy (non-hydrogen) atoms. The number of carbonyl (C=O) groups excluding carboxylic acids is 1. The Hall–Kier alpha value is -0.890. The van der Waals surface area contributed by atoms with E-state index >= 15 is 0 Å². The number of hydrogen-bond acceptors (Lipinski definition) is 2. The first-order chi connectivity index (χ1) is 8.16. The molecule has 1 heterocycles. The summed E-state index contributed by atoms with van der Waals surface area (Å²) >= 11 is 5.54. The third-order valence-corrected chi connectivity index (χ3v) is 3.51. The summed E-state index contributed by atoms with van der Waals surface area (Å²) in [5, 5.41) is 2.80. The van der Waals surface area contributed by atoms with Crippen molar-refractivity contribution < 1.29 is 4.79 Å². The van der Waals surface area contributed by atoms with Crippen molar-refractivity contribution in [3.05, 3.63) is 50.0 Å². The molecule has 0 atom stereocenters. The summed E-state index contributed by atoms with van der Waals surface area (Å²) in [6.45, 7) is 0.393. The van der Waals surface area contributed by atoms with Gasteiger partial charge in [-0.2, -0.15) is 0 Å². The number of benzene rings is 1. The van der Waals surface area contributed by atoms with Crippen LogP contribution in [0.2, 0.25) is 0 Å². The molecular formula is C11H9BrIN3O. The number of imidazole rings is 1. The van der Waals surface area contributed by atoms with Gasteiger partial charge in [0.05, 0.1) is 12.1 Å². The van der Waals surface area contributed by atoms with Crippen LogP contribution in [-0.4, -0.2) is 15.9 Å². The van der Waals surface area contributed by atoms with Crippen molar-refractivity contribution in [2.75, 3.05) is 0 Å². The summed E-state index contributed by atoms with van der Waals surface area (Å²) in [6, 6.07) is 5.64. The second-order valence-electron chi connectivity index (χ2n) is 3.34. The highest BCUT2D eigenvalue weighted by Gasteiger charge is 2.10. The van der Waals surface area contributed by atoms with E-state index in [1.54, 1.807) is 12.4 Å². The maximum atomic E-state index is 11.9. The van der Waals surface area contributed by atoms with E-state index in [2.05, 4.69) is 53.8 Å². The molecule has 1 aromatic carbocycles. The molecule has 0 bridgehead atoms. The summed E-state index contributed by atoms with van der Waals surface area (Å²) in [6.07, 6.45) is 3.38. The largest absolute Gasteiger partial charge is 0.347 e. The molecule has 2 aromatic rings. The van der Waals surface area contributed by atoms with Gasteiger partial charge in [-0.3, -0.25) is 4.79 Å². The van der Waals surface area contributed by atoms with E-state index in [1.165, 1.54) is 0 Å². The fraction of sp³-hybridized carbons (Fsp3) is 0.0909. The highest BCUT2D eigenvalue weighted by molar-refractivity contribution is 14.1. The van der Waals surface area contributed by atoms with Gasteiger partial charge in [-0.1, -0.05) is 0 Å². The molecule has 0 saturated heterocycles. The molecule has 88 valence electrons. The number of halogens is 2. The molecular weight excluding hydrogens is 397 g/mol. The molecule has 4 nitrogen and oxygen atoms in total. The topological polar surface area (TPSA) is 57.8 Å². The summed E-state index contributed by atoms with van der Waals surface area (Å²) in [4.78, 5) is 18.9. The molecule has 0 fully saturated rings. The zero-order valence-electron chi connectivity index (χ0n) is 8.71. The van der Waals surface area contributed by atoms with Crippen molar-refractivity contribution in [1.82, 2.24) is 15.3 Å². The van der Waals surface area contributed by atoms with Crippen LogP contribution in [0, 0.1) is 3.57 Å². The molecule has 0 saturated carbocycles. The van der Waals surface area contributed by atoms with Gasteiger partial charge < -0.3 is 10.3 Å². The third-order valence-electron chi connectivity index (χ3n) is 2.14. The van der Waals surface area contributed by atoms with E-state index in [1.807, 2.05) is 18.2 Å². The fourth-order valence-corrected chi connectivity index (χ4v) is 2.24. The second kappa shape index (κ2) is 5.63. The monoisotopic (exact) mass is 405 g/mol. The van der Waals surface area contributed by atoms with Gasteiger partial charge in [-0.15, -0.1) is 0 Å². The Balaban J connectivity index is 2.07. The first-order valence-electron chi connectivity index (χ1n) is 4.88. The predicted octanol–water partition coefficient (Wildman–Crippen LogP) is 2.71. The highest BCUT2D eigenvalue weighted by Crippen LogP contribution is 2.19. The number of nitrogens with zero attached hydrogens (tertiary/aromatic N) is 1. The Bertz CT molecular complexity index is 528. The van der Waals surface area contributed by atoms with Crippen LogP contribution in [-0.2, 0) is 6.54 Å². The van der Waals surface area contributed by atoms with Crippen molar-refractivity contribution in [2.45, 2.75) is 6.54 Å². The smallest absolute Gasteiger partial charge is 0.252 e. The van der Waals surface area contributed by atoms with Gasteiger partial charge in [0.25, 0.3) is 5.91 Å². The third kappa shape index (κ3) is 3.29. The minimum absolute atomic E-state index is 0.119. The lowest BCUT2D eigenvalue weighted by Gasteiger charge is -2.06. The quantitative estimate of drug-likeness (QED) is 0.771. The van der Waals surface area contributed by atoms with Crippen LogP contribution in [0.25, 0.3) is 0 Å². The van der Waals surface area contributed by atoms with Crippen LogP contribution in [0.15, 0.2) is 35.1 Å². The van der Waals surface area contributed by atoms with Crippen LogP contribution in [0.3, 0.4) is 0 Å². The molecule has 0 aliphatic heterocycles. The highest BCUT2D eigenvalue weighted by atomic mass is 127. The summed E-state index contributed by atoms with van der Waals surface area (Å²) in [5.41, 5.74) is 0.628. The molecule has 0 aliphatic carbocycles. The summed E-state index contributed by atoms with van der Waals surface area (Å²) in [5.74, 6) is 0.617. The molecule has 0 aliphatic rings. The molecule has 0 radical (unpaired) electrons. The van der Waals surface area contributed by atoms with Gasteiger partial charge in [0.1, 0.15) is 5.82 Å². The number of rotatable bonds is 3. The van der Waals surface area contributed by atoms with E-state index in [9.17, 15) is 4.79 Å². The predicted molar refractivity (Wildman–Crippen MR) is 76.6 cm³/mol. The number of nitrogens with one attached hydrogen (secondary N) is 2. The van der Waals surface area contributed by atoms with Gasteiger partial charge in [-0.25, -0.2) is 4.98 Å². The molecule has 2 rings (SSSR count). The number of hydrogen-bond donors (Lipinski definition) is 2. The van der Waals surface area contributed by atoms with E-state index in [0.29, 0.717) is 12.1 Å². The molecule has 0 spiro atoms. The number of aromatic amines is 1. The Labute approximate surface area is 120 Å². The number of carbonyl (C=O) groups is 1. The molecule has 0 unspecified atom stereocenters. The Morgan fingerprint density at radius 1 is 1.53 bits per heavy atom. The van der Waals surface area contributed by atoms with Crippen LogP contribution in [0.4, 0.5) is 0 Å². The first kappa shape index (κ1) is 12.6. The fourth-order valence-electron chi connectivity index (χ4n) is 1.33. The van der Waals surface area contributed by atoms with E-state index in [0.717, 1.165) is 13.9 Å². The molecule has 6 heteroatoms. The van der Waals surface area contributed by atoms with Crippen molar-refractivity contribution in [3.63, 3.8) is 0 Å². The van der Waals surface area contributed by atoms with Crippen LogP contribution in [0.1, 0.15) is 16.2 Å². The van der Waals surface area contributed by atoms with Gasteiger partial charge in [0, 0.05) is 20.4 Å². The number of aromatic nitrogens is 2. The number of amides is 1. The van der Waals surface area contributed by atoms with Gasteiger partial charge in [-0.05, 0) is 56.7 Å². The van der Waals surface area contributed by atoms with Crippen molar-refractivity contribution in [3.8, 4) is 0 Å². The van der Waals surface area contributed by atoms with Gasteiger partial charge >= 0.3 is 0 Å². The summed E-state index contributed by atoms with van der Waals surface area (Å²) in [7, 11) is 0. The zero-order chi connectivity index (χ0) is 12.3. The lowest BCUT2D eigenvalue weighted by molar-refractivity contribution is 0.0949. The zero-order valence-corrected chi connectivity index (χ0v) is 12.4. The first-order valence-corrected chi connectivity index (χ1v) is 6.75. The second-order valence-corrected chi connectivity index (χ2v) is 5.44. The average Bonchev–Trinajstić information content (AvgIpc) is 2.82. The van der Waals surface area contributed by atoms with Gasteiger partial charge in [0.2, 0.25) is 0 Å². The summed E-state index contributed by atoms with van der Waals surface area (Å²) < 4.78 is 1.81. The van der Waals surface area contributed by atoms with Crippen molar-refractivity contribution >= 4 is 44.4 Å². The number of H-pyrrole nitrogens is 1. The van der Waals surface area contributed by atoms with E-state index < -0.39 is 0 Å². The van der Waals surface area contributed by atoms with Crippen LogP contribution >= 0.6 is 38.5 Å². The Morgan fingerprint density at radius 3 is 3.06 bits per heavy atom. The minimum Gasteiger partial charge on any atom is -0.347 e. The van der Waals surface area contributed by atoms with Crippen molar-refractivity contribution in [1.29, 1.82) is 0 Å². The Morgan fingerprint density at radius 2 is 2.35 bits per heavy atom. The van der Waals surface area contributed by atoms with Gasteiger partial charge in [0.15, 0.2) is 0 Å². The minimum atomic E-state index is -0.119. The molecule has 2 N–H and O–H groups in total. The lowest BCUT2D eigenvalue weighted by Crippen LogP contribution is -2.23. The van der Waals surface area contributed by atoms with E-state index in [-0.39, 0.29) is 5.91 Å². The van der Waals surface area contributed by atoms with Crippen molar-refractivity contribution in [2.24, 2.45) is 0 Å². The standard InChI is InChI=1S/C11H9BrIN3O/c12-9-2-1-7(13)5-8(9)11(17)16-6-10-14-3-4-15-10/h1-5H,6H2,(H,14,15)(H,16,17).